The maximum Gasteiger partial charge on any atom is 0.219 e. The Morgan fingerprint density at radius 1 is 0.652 bits per heavy atom. The van der Waals surface area contributed by atoms with Crippen LogP contribution in [0.25, 0.3) is 0 Å². The Hall–Kier alpha value is -3.74. The quantitative estimate of drug-likeness (QED) is 0.0414. The van der Waals surface area contributed by atoms with Gasteiger partial charge >= 0.3 is 0 Å². The van der Waals surface area contributed by atoms with Crippen LogP contribution in [0.15, 0.2) is 12.2 Å². The summed E-state index contributed by atoms with van der Waals surface area (Å²) in [6.45, 7) is 16.8. The Labute approximate surface area is 272 Å². The molecule has 1 unspecified atom stereocenters. The van der Waals surface area contributed by atoms with E-state index < -0.39 is 6.10 Å². The zero-order chi connectivity index (χ0) is 32.7. The Morgan fingerprint density at radius 2 is 1.11 bits per heavy atom. The molecule has 0 aliphatic rings. The van der Waals surface area contributed by atoms with Crippen LogP contribution in [0, 0.1) is 13.2 Å². The minimum atomic E-state index is -0.400. The molecule has 0 spiro atoms. The standard InChI is InChI=1S/C36H70N5O3.2Rf/c1-6-8-10-12-14-16-18-20-24-35(43)38-27-22-26-37-29-31-40(32-34(42)33-41(3,4)5)30-23-28-39-36(44)25-21-19-17-15-13-11-9-7-2;;/h1-2,6-7,34,37,42H,8-33H2,3-5H3,(H,38,43)(H,39,44);;/q-1;;. The molecule has 8 nitrogen and oxygen atoms in total. The summed E-state index contributed by atoms with van der Waals surface area (Å²) in [6.07, 6.45) is 21.7. The summed E-state index contributed by atoms with van der Waals surface area (Å²) in [5, 5.41) is 20.3. The second-order valence-electron chi connectivity index (χ2n) is 13.4. The van der Waals surface area contributed by atoms with Gasteiger partial charge in [0.15, 0.2) is 0 Å². The molecule has 46 heavy (non-hydrogen) atoms. The van der Waals surface area contributed by atoms with Gasteiger partial charge in [-0.2, -0.15) is 0 Å². The van der Waals surface area contributed by atoms with Crippen LogP contribution in [0.2, 0.25) is 0 Å². The molecular weight excluding hydrogens is 1080 g/mol. The van der Waals surface area contributed by atoms with E-state index in [1.54, 1.807) is 12.2 Å². The van der Waals surface area contributed by atoms with E-state index in [1.165, 1.54) is 38.5 Å². The minimum Gasteiger partial charge on any atom is -0.518 e. The van der Waals surface area contributed by atoms with Crippen molar-refractivity contribution >= 4 is 11.8 Å². The summed E-state index contributed by atoms with van der Waals surface area (Å²) in [5.74, 6) is 0.293. The number of hydrogen-bond acceptors (Lipinski definition) is 5. The van der Waals surface area contributed by atoms with Gasteiger partial charge in [-0.1, -0.05) is 77.0 Å². The van der Waals surface area contributed by atoms with Crippen molar-refractivity contribution in [3.8, 4) is 0 Å². The average molecular weight is 1150 g/mol. The van der Waals surface area contributed by atoms with Crippen molar-refractivity contribution < 1.29 is 19.2 Å². The van der Waals surface area contributed by atoms with Gasteiger partial charge in [0.05, 0.1) is 21.1 Å². The number of carbonyl (C=O) groups is 2. The molecule has 0 bridgehead atoms. The van der Waals surface area contributed by atoms with E-state index in [0.29, 0.717) is 39.0 Å². The van der Waals surface area contributed by atoms with Gasteiger partial charge in [-0.25, -0.2) is 0 Å². The Kier molecular flexibility index (Phi) is 33.1. The summed E-state index contributed by atoms with van der Waals surface area (Å²) in [7, 11) is 6.28. The Balaban J connectivity index is -0.00000924. The third kappa shape index (κ3) is 34.7. The number of nitrogens with one attached hydrogen (secondary N) is 3. The van der Waals surface area contributed by atoms with E-state index in [9.17, 15) is 14.7 Å². The third-order valence-corrected chi connectivity index (χ3v) is 7.71. The molecule has 0 aliphatic heterocycles. The molecule has 1 atom stereocenters. The van der Waals surface area contributed by atoms with Crippen molar-refractivity contribution in [1.82, 2.24) is 20.9 Å². The number of unbranched alkanes of at least 4 members (excludes halogenated alkanes) is 12. The number of allylic oxidation sites excluding steroid dienone is 2. The Morgan fingerprint density at radius 3 is 1.59 bits per heavy atom. The van der Waals surface area contributed by atoms with E-state index in [4.69, 9.17) is 13.2 Å². The summed E-state index contributed by atoms with van der Waals surface area (Å²) in [5.41, 5.74) is 0. The molecule has 0 saturated carbocycles. The number of carbonyl (C=O) groups excluding carboxylic acids is 2. The van der Waals surface area contributed by atoms with Crippen LogP contribution in [0.3, 0.4) is 0 Å². The molecule has 0 radical (unpaired) electrons. The zero-order valence-corrected chi connectivity index (χ0v) is 43.1. The maximum absolute atomic E-state index is 12.2. The first kappa shape index (κ1) is 46.7. The summed E-state index contributed by atoms with van der Waals surface area (Å²) >= 11 is 0. The maximum atomic E-state index is 12.2. The van der Waals surface area contributed by atoms with Crippen LogP contribution in [0.5, 0.6) is 0 Å². The molecule has 10 heteroatoms. The fourth-order valence-corrected chi connectivity index (χ4v) is 5.30. The van der Waals surface area contributed by atoms with Crippen LogP contribution in [-0.2, 0) is 9.59 Å². The van der Waals surface area contributed by atoms with E-state index >= 15 is 0 Å². The van der Waals surface area contributed by atoms with Gasteiger partial charge in [0.2, 0.25) is 11.8 Å². The van der Waals surface area contributed by atoms with Crippen molar-refractivity contribution in [3.05, 3.63) is 25.3 Å². The molecule has 0 heterocycles. The number of likely N-dealkylation sites (N-methyl/N-ethyl adjacent to an activating group) is 1. The second kappa shape index (κ2) is 32.6. The molecule has 0 rings (SSSR count). The monoisotopic (exact) mass is 1150 g/mol. The number of aliphatic hydroxyl groups is 1. The topological polar surface area (TPSA) is 93.7 Å². The van der Waals surface area contributed by atoms with Crippen molar-refractivity contribution in [2.24, 2.45) is 0 Å². The number of aliphatic hydroxyl groups excluding tert-OH is 1. The molecule has 0 aromatic carbocycles. The van der Waals surface area contributed by atoms with Crippen molar-refractivity contribution in [3.63, 3.8) is 0 Å². The fraction of sp³-hybridized carbons (Fsp3) is 0.833. The van der Waals surface area contributed by atoms with Crippen LogP contribution in [0.4, 0.5) is 0 Å². The summed E-state index contributed by atoms with van der Waals surface area (Å²) < 4.78 is 0.718. The normalized spacial score (nSPS) is 11.8. The summed E-state index contributed by atoms with van der Waals surface area (Å²) in [4.78, 5) is 26.6. The number of quaternary nitrogens is 1. The molecule has 2 amide bonds. The number of nitrogens with zero attached hydrogens (tertiary/aromatic N) is 2. The molecule has 0 saturated heterocycles. The van der Waals surface area contributed by atoms with Gasteiger partial charge in [-0.15, -0.1) is 0 Å². The largest absolute Gasteiger partial charge is 0.518 e. The van der Waals surface area contributed by atoms with E-state index in [1.807, 2.05) is 0 Å². The molecule has 4 N–H and O–H groups in total. The Bertz CT molecular complexity index is 722. The number of amides is 2. The minimum absolute atomic E-state index is 0. The van der Waals surface area contributed by atoms with Crippen molar-refractivity contribution in [2.45, 2.75) is 122 Å². The average Bonchev–Trinajstić information content (AvgIpc) is 2.96. The van der Waals surface area contributed by atoms with Crippen molar-refractivity contribution in [2.75, 3.05) is 73.5 Å². The smallest absolute Gasteiger partial charge is 0.219 e. The molecule has 0 aromatic heterocycles. The molecule has 262 valence electrons. The van der Waals surface area contributed by atoms with Crippen LogP contribution >= 0.6 is 0 Å². The van der Waals surface area contributed by atoms with Gasteiger partial charge in [0, 0.05) is 45.6 Å². The van der Waals surface area contributed by atoms with Crippen molar-refractivity contribution in [1.29, 1.82) is 0 Å². The van der Waals surface area contributed by atoms with Gasteiger partial charge in [-0.05, 0) is 38.8 Å². The first-order valence-corrected chi connectivity index (χ1v) is 17.7. The fourth-order valence-electron chi connectivity index (χ4n) is 5.30. The predicted octanol–water partition coefficient (Wildman–Crippen LogP) is 5.18. The second-order valence-corrected chi connectivity index (χ2v) is 13.4. The van der Waals surface area contributed by atoms with E-state index in [-0.39, 0.29) is 11.8 Å². The van der Waals surface area contributed by atoms with Gasteiger partial charge in [0.25, 0.3) is 0 Å². The predicted molar refractivity (Wildman–Crippen MR) is 185 cm³/mol. The first-order chi connectivity index (χ1) is 21.2. The third-order valence-electron chi connectivity index (χ3n) is 7.71. The number of hydrogen-bond donors (Lipinski definition) is 4. The van der Waals surface area contributed by atoms with Crippen LogP contribution < -0.4 is 16.0 Å². The van der Waals surface area contributed by atoms with Crippen LogP contribution in [0.1, 0.15) is 116 Å². The number of rotatable bonds is 33. The SMILES string of the molecule is [CH-]=CCCCCCCCCC(=O)NCCCNCCN(CCCNC(=O)CCCCCCCCC=[CH-])CC(O)C[N+](C)(C)C.[Rf].[Rf]. The van der Waals surface area contributed by atoms with E-state index in [0.717, 1.165) is 94.9 Å². The van der Waals surface area contributed by atoms with Gasteiger partial charge in [-0.3, -0.25) is 26.6 Å². The molecular formula is C36H70N5O3Rf2-. The van der Waals surface area contributed by atoms with Gasteiger partial charge in [0.1, 0.15) is 12.6 Å². The van der Waals surface area contributed by atoms with E-state index in [2.05, 4.69) is 42.0 Å². The summed E-state index contributed by atoms with van der Waals surface area (Å²) in [6, 6.07) is 0. The first-order valence-electron chi connectivity index (χ1n) is 17.7. The molecule has 0 fully saturated rings. The molecule has 0 aromatic rings. The molecule has 0 aliphatic carbocycles. The van der Waals surface area contributed by atoms with Crippen LogP contribution in [-0.4, -0.2) is 106 Å². The zero-order valence-electron chi connectivity index (χ0n) is 30.3. The van der Waals surface area contributed by atoms with Gasteiger partial charge < -0.3 is 38.7 Å².